The molecule has 2 rings (SSSR count). The highest BCUT2D eigenvalue weighted by Crippen LogP contribution is 2.28. The zero-order chi connectivity index (χ0) is 20.2. The molecule has 3 N–H and O–H groups in total. The van der Waals surface area contributed by atoms with Crippen LogP contribution in [0.3, 0.4) is 0 Å². The van der Waals surface area contributed by atoms with Gasteiger partial charge in [-0.1, -0.05) is 35.3 Å². The Morgan fingerprint density at radius 1 is 1.11 bits per heavy atom. The van der Waals surface area contributed by atoms with Crippen LogP contribution in [0.2, 0.25) is 10.0 Å². The van der Waals surface area contributed by atoms with Crippen LogP contribution in [-0.2, 0) is 26.1 Å². The normalized spacial score (nSPS) is 11.1. The van der Waals surface area contributed by atoms with E-state index in [1.165, 1.54) is 24.3 Å². The smallest absolute Gasteiger partial charge is 0.340 e. The number of amides is 1. The zero-order valence-electron chi connectivity index (χ0n) is 13.5. The highest BCUT2D eigenvalue weighted by molar-refractivity contribution is 7.89. The Balaban J connectivity index is 1.99. The van der Waals surface area contributed by atoms with E-state index in [1.807, 2.05) is 0 Å². The van der Waals surface area contributed by atoms with E-state index in [1.54, 1.807) is 0 Å². The van der Waals surface area contributed by atoms with Gasteiger partial charge in [-0.3, -0.25) is 4.79 Å². The van der Waals surface area contributed by atoms with Crippen LogP contribution in [0.15, 0.2) is 41.3 Å². The molecule has 0 fully saturated rings. The Morgan fingerprint density at radius 3 is 2.33 bits per heavy atom. The first kappa shape index (κ1) is 21.1. The topological polar surface area (TPSA) is 116 Å². The summed E-state index contributed by atoms with van der Waals surface area (Å²) in [5, 5.41) is 7.07. The standard InChI is InChI=1S/C16H13Cl2FN2O5S/c17-12-6-13(18)14(27(20,24)25)5-11(12)16(23)26-8-15(22)21-7-9-1-3-10(19)4-2-9/h1-6H,7-8H2,(H,21,22)(H2,20,24,25). The van der Waals surface area contributed by atoms with Gasteiger partial charge in [0.1, 0.15) is 10.7 Å². The highest BCUT2D eigenvalue weighted by Gasteiger charge is 2.21. The molecule has 0 unspecified atom stereocenters. The Hall–Kier alpha value is -2.20. The average molecular weight is 435 g/mol. The molecular weight excluding hydrogens is 422 g/mol. The number of primary sulfonamides is 1. The molecule has 144 valence electrons. The lowest BCUT2D eigenvalue weighted by atomic mass is 10.2. The lowest BCUT2D eigenvalue weighted by molar-refractivity contribution is -0.124. The number of nitrogens with two attached hydrogens (primary N) is 1. The molecule has 0 saturated heterocycles. The molecule has 27 heavy (non-hydrogen) atoms. The van der Waals surface area contributed by atoms with Gasteiger partial charge in [0.2, 0.25) is 10.0 Å². The van der Waals surface area contributed by atoms with Gasteiger partial charge in [-0.2, -0.15) is 0 Å². The third-order valence-electron chi connectivity index (χ3n) is 3.29. The number of carbonyl (C=O) groups excluding carboxylic acids is 2. The van der Waals surface area contributed by atoms with Crippen molar-refractivity contribution in [2.24, 2.45) is 5.14 Å². The number of benzene rings is 2. The molecule has 0 heterocycles. The van der Waals surface area contributed by atoms with E-state index in [2.05, 4.69) is 5.32 Å². The second-order valence-corrected chi connectivity index (χ2v) is 7.63. The maximum absolute atomic E-state index is 12.8. The van der Waals surface area contributed by atoms with Crippen molar-refractivity contribution >= 4 is 45.1 Å². The Kier molecular flexibility index (Phi) is 6.77. The second kappa shape index (κ2) is 8.66. The van der Waals surface area contributed by atoms with Crippen LogP contribution in [0.1, 0.15) is 15.9 Å². The maximum atomic E-state index is 12.8. The number of esters is 1. The predicted molar refractivity (Wildman–Crippen MR) is 96.4 cm³/mol. The van der Waals surface area contributed by atoms with Crippen LogP contribution in [0.4, 0.5) is 4.39 Å². The van der Waals surface area contributed by atoms with Gasteiger partial charge in [0.05, 0.1) is 15.6 Å². The molecule has 7 nitrogen and oxygen atoms in total. The van der Waals surface area contributed by atoms with Gasteiger partial charge in [0.15, 0.2) is 6.61 Å². The van der Waals surface area contributed by atoms with Crippen molar-refractivity contribution in [2.75, 3.05) is 6.61 Å². The summed E-state index contributed by atoms with van der Waals surface area (Å²) in [6.07, 6.45) is 0. The molecule has 0 bridgehead atoms. The van der Waals surface area contributed by atoms with Crippen molar-refractivity contribution in [2.45, 2.75) is 11.4 Å². The van der Waals surface area contributed by atoms with E-state index >= 15 is 0 Å². The van der Waals surface area contributed by atoms with Crippen LogP contribution in [0.25, 0.3) is 0 Å². The summed E-state index contributed by atoms with van der Waals surface area (Å²) in [5.74, 6) is -2.05. The van der Waals surface area contributed by atoms with Gasteiger partial charge in [-0.05, 0) is 29.8 Å². The van der Waals surface area contributed by atoms with Gasteiger partial charge in [0.25, 0.3) is 5.91 Å². The molecule has 0 aliphatic heterocycles. The Bertz CT molecular complexity index is 981. The van der Waals surface area contributed by atoms with Crippen molar-refractivity contribution in [1.82, 2.24) is 5.32 Å². The minimum atomic E-state index is -4.18. The number of ether oxygens (including phenoxy) is 1. The number of carbonyl (C=O) groups is 2. The summed E-state index contributed by atoms with van der Waals surface area (Å²) >= 11 is 11.6. The SMILES string of the molecule is NS(=O)(=O)c1cc(C(=O)OCC(=O)NCc2ccc(F)cc2)c(Cl)cc1Cl. The number of nitrogens with one attached hydrogen (secondary N) is 1. The fourth-order valence-electron chi connectivity index (χ4n) is 1.97. The first-order valence-corrected chi connectivity index (χ1v) is 9.58. The minimum Gasteiger partial charge on any atom is -0.452 e. The van der Waals surface area contributed by atoms with E-state index in [9.17, 15) is 22.4 Å². The van der Waals surface area contributed by atoms with Crippen LogP contribution >= 0.6 is 23.2 Å². The monoisotopic (exact) mass is 434 g/mol. The van der Waals surface area contributed by atoms with Crippen molar-refractivity contribution in [3.8, 4) is 0 Å². The van der Waals surface area contributed by atoms with Gasteiger partial charge in [-0.15, -0.1) is 0 Å². The van der Waals surface area contributed by atoms with Crippen molar-refractivity contribution < 1.29 is 27.1 Å². The molecule has 0 aliphatic carbocycles. The van der Waals surface area contributed by atoms with E-state index in [0.29, 0.717) is 5.56 Å². The van der Waals surface area contributed by atoms with E-state index in [4.69, 9.17) is 33.1 Å². The summed E-state index contributed by atoms with van der Waals surface area (Å²) in [5.41, 5.74) is 0.339. The molecule has 0 aliphatic rings. The maximum Gasteiger partial charge on any atom is 0.340 e. The van der Waals surface area contributed by atoms with Crippen LogP contribution in [0.5, 0.6) is 0 Å². The van der Waals surface area contributed by atoms with Crippen molar-refractivity contribution in [1.29, 1.82) is 0 Å². The number of rotatable bonds is 6. The third-order valence-corrected chi connectivity index (χ3v) is 4.97. The fourth-order valence-corrected chi connectivity index (χ4v) is 3.36. The quantitative estimate of drug-likeness (QED) is 0.676. The molecule has 0 atom stereocenters. The average Bonchev–Trinajstić information content (AvgIpc) is 2.58. The van der Waals surface area contributed by atoms with Crippen LogP contribution in [0, 0.1) is 5.82 Å². The number of hydrogen-bond acceptors (Lipinski definition) is 5. The van der Waals surface area contributed by atoms with E-state index in [-0.39, 0.29) is 22.2 Å². The van der Waals surface area contributed by atoms with Gasteiger partial charge in [-0.25, -0.2) is 22.7 Å². The van der Waals surface area contributed by atoms with Crippen LogP contribution in [-0.4, -0.2) is 26.9 Å². The third kappa shape index (κ3) is 5.90. The van der Waals surface area contributed by atoms with Gasteiger partial charge in [0, 0.05) is 6.54 Å². The molecular formula is C16H13Cl2FN2O5S. The molecule has 0 saturated carbocycles. The van der Waals surface area contributed by atoms with Gasteiger partial charge >= 0.3 is 5.97 Å². The first-order valence-electron chi connectivity index (χ1n) is 7.28. The van der Waals surface area contributed by atoms with Gasteiger partial charge < -0.3 is 10.1 Å². The lowest BCUT2D eigenvalue weighted by Crippen LogP contribution is -2.28. The number of sulfonamides is 1. The van der Waals surface area contributed by atoms with Crippen molar-refractivity contribution in [3.05, 3.63) is 63.4 Å². The molecule has 0 radical (unpaired) electrons. The summed E-state index contributed by atoms with van der Waals surface area (Å²) in [6.45, 7) is -0.530. The fraction of sp³-hybridized carbons (Fsp3) is 0.125. The molecule has 2 aromatic rings. The molecule has 0 aromatic heterocycles. The lowest BCUT2D eigenvalue weighted by Gasteiger charge is -2.09. The Morgan fingerprint density at radius 2 is 1.74 bits per heavy atom. The summed E-state index contributed by atoms with van der Waals surface area (Å²) in [4.78, 5) is 23.3. The number of hydrogen-bond donors (Lipinski definition) is 2. The first-order chi connectivity index (χ1) is 12.6. The molecule has 0 spiro atoms. The van der Waals surface area contributed by atoms with Crippen LogP contribution < -0.4 is 10.5 Å². The highest BCUT2D eigenvalue weighted by atomic mass is 35.5. The molecule has 11 heteroatoms. The molecule has 1 amide bonds. The zero-order valence-corrected chi connectivity index (χ0v) is 15.9. The summed E-state index contributed by atoms with van der Waals surface area (Å²) < 4.78 is 40.5. The Labute approximate surface area is 164 Å². The van der Waals surface area contributed by atoms with E-state index in [0.717, 1.165) is 12.1 Å². The number of halogens is 3. The summed E-state index contributed by atoms with van der Waals surface area (Å²) in [6, 6.07) is 7.38. The molecule has 2 aromatic carbocycles. The minimum absolute atomic E-state index is 0.105. The summed E-state index contributed by atoms with van der Waals surface area (Å²) in [7, 11) is -4.18. The second-order valence-electron chi connectivity index (χ2n) is 5.29. The predicted octanol–water partition coefficient (Wildman–Crippen LogP) is 2.25. The largest absolute Gasteiger partial charge is 0.452 e. The van der Waals surface area contributed by atoms with E-state index < -0.39 is 39.2 Å². The van der Waals surface area contributed by atoms with Crippen molar-refractivity contribution in [3.63, 3.8) is 0 Å².